The first-order valence-corrected chi connectivity index (χ1v) is 6.66. The van der Waals surface area contributed by atoms with E-state index in [1.165, 1.54) is 0 Å². The van der Waals surface area contributed by atoms with Crippen LogP contribution in [-0.4, -0.2) is 24.7 Å². The smallest absolute Gasteiger partial charge is 0.308 e. The molecule has 4 nitrogen and oxygen atoms in total. The van der Waals surface area contributed by atoms with Crippen molar-refractivity contribution in [3.05, 3.63) is 0 Å². The third-order valence-electron chi connectivity index (χ3n) is 2.27. The quantitative estimate of drug-likeness (QED) is 0.667. The summed E-state index contributed by atoms with van der Waals surface area (Å²) in [5.74, 6) is 0.0234. The molecule has 5 heteroatoms. The van der Waals surface area contributed by atoms with E-state index in [1.807, 2.05) is 0 Å². The van der Waals surface area contributed by atoms with Crippen molar-refractivity contribution in [1.82, 2.24) is 0 Å². The van der Waals surface area contributed by atoms with Gasteiger partial charge in [0.05, 0.1) is 13.2 Å². The zero-order valence-electron chi connectivity index (χ0n) is 8.69. The molecular formula is C9H17O4P. The maximum atomic E-state index is 12.2. The lowest BCUT2D eigenvalue weighted by Crippen LogP contribution is -2.17. The Morgan fingerprint density at radius 3 is 2.29 bits per heavy atom. The zero-order chi connectivity index (χ0) is 10.6. The summed E-state index contributed by atoms with van der Waals surface area (Å²) in [6.45, 7) is 4.15. The van der Waals surface area contributed by atoms with Gasteiger partial charge in [-0.25, -0.2) is 0 Å². The molecule has 0 aliphatic heterocycles. The highest BCUT2D eigenvalue weighted by atomic mass is 31.2. The van der Waals surface area contributed by atoms with E-state index in [0.29, 0.717) is 26.1 Å². The first kappa shape index (κ1) is 11.9. The first-order valence-electron chi connectivity index (χ1n) is 5.05. The highest BCUT2D eigenvalue weighted by Crippen LogP contribution is 2.56. The van der Waals surface area contributed by atoms with E-state index in [1.54, 1.807) is 13.8 Å². The highest BCUT2D eigenvalue weighted by molar-refractivity contribution is 7.55. The number of ketones is 1. The molecule has 0 aromatic rings. The lowest BCUT2D eigenvalue weighted by molar-refractivity contribution is -0.117. The van der Waals surface area contributed by atoms with E-state index in [9.17, 15) is 9.36 Å². The van der Waals surface area contributed by atoms with Gasteiger partial charge in [0.1, 0.15) is 11.4 Å². The Morgan fingerprint density at radius 1 is 1.36 bits per heavy atom. The molecule has 0 heterocycles. The predicted molar refractivity (Wildman–Crippen MR) is 53.5 cm³/mol. The molecule has 1 rings (SSSR count). The van der Waals surface area contributed by atoms with E-state index in [0.717, 1.165) is 6.42 Å². The molecule has 82 valence electrons. The Balaban J connectivity index is 2.75. The fourth-order valence-corrected chi connectivity index (χ4v) is 3.84. The largest absolute Gasteiger partial charge is 0.341 e. The average Bonchev–Trinajstić information content (AvgIpc) is 2.52. The summed E-state index contributed by atoms with van der Waals surface area (Å²) in [6, 6.07) is 0. The van der Waals surface area contributed by atoms with Gasteiger partial charge in [-0.2, -0.15) is 0 Å². The molecule has 0 aromatic heterocycles. The van der Waals surface area contributed by atoms with Gasteiger partial charge in [0.15, 0.2) is 0 Å². The highest BCUT2D eigenvalue weighted by Gasteiger charge is 2.42. The Morgan fingerprint density at radius 2 is 1.93 bits per heavy atom. The van der Waals surface area contributed by atoms with Crippen LogP contribution in [0.1, 0.15) is 33.1 Å². The summed E-state index contributed by atoms with van der Waals surface area (Å²) < 4.78 is 22.4. The molecular weight excluding hydrogens is 203 g/mol. The van der Waals surface area contributed by atoms with Crippen LogP contribution in [0.4, 0.5) is 0 Å². The first-order chi connectivity index (χ1) is 6.64. The van der Waals surface area contributed by atoms with Gasteiger partial charge in [0, 0.05) is 6.42 Å². The number of hydrogen-bond donors (Lipinski definition) is 0. The van der Waals surface area contributed by atoms with Crippen LogP contribution in [0.25, 0.3) is 0 Å². The molecule has 0 radical (unpaired) electrons. The maximum Gasteiger partial charge on any atom is 0.341 e. The number of carbonyl (C=O) groups excluding carboxylic acids is 1. The third-order valence-corrected chi connectivity index (χ3v) is 4.82. The van der Waals surface area contributed by atoms with Crippen molar-refractivity contribution in [2.75, 3.05) is 13.2 Å². The van der Waals surface area contributed by atoms with Gasteiger partial charge in [-0.1, -0.05) is 0 Å². The van der Waals surface area contributed by atoms with E-state index in [-0.39, 0.29) is 5.78 Å². The van der Waals surface area contributed by atoms with Crippen molar-refractivity contribution in [1.29, 1.82) is 0 Å². The Kier molecular flexibility index (Phi) is 4.30. The van der Waals surface area contributed by atoms with Gasteiger partial charge in [0.2, 0.25) is 0 Å². The minimum absolute atomic E-state index is 0.0234. The summed E-state index contributed by atoms with van der Waals surface area (Å²) in [4.78, 5) is 11.4. The molecule has 14 heavy (non-hydrogen) atoms. The number of Topliss-reactive ketones (excluding diaryl/α,β-unsaturated/α-hetero) is 1. The van der Waals surface area contributed by atoms with Crippen molar-refractivity contribution in [3.8, 4) is 0 Å². The Labute approximate surface area is 84.5 Å². The Bertz CT molecular complexity index is 241. The summed E-state index contributed by atoms with van der Waals surface area (Å²) in [6.07, 6.45) is 1.94. The number of rotatable bonds is 5. The standard InChI is InChI=1S/C9H17O4P/c1-3-12-14(11,13-4-2)9-7-5-6-8(9)10/h9H,3-7H2,1-2H3/t9-/m1/s1. The third kappa shape index (κ3) is 2.44. The van der Waals surface area contributed by atoms with Crippen LogP contribution in [0, 0.1) is 0 Å². The van der Waals surface area contributed by atoms with E-state index in [2.05, 4.69) is 0 Å². The molecule has 1 aliphatic carbocycles. The molecule has 1 saturated carbocycles. The minimum atomic E-state index is -3.17. The fourth-order valence-electron chi connectivity index (χ4n) is 1.71. The van der Waals surface area contributed by atoms with Crippen LogP contribution in [0.3, 0.4) is 0 Å². The molecule has 0 aromatic carbocycles. The van der Waals surface area contributed by atoms with Crippen LogP contribution >= 0.6 is 7.60 Å². The van der Waals surface area contributed by atoms with Gasteiger partial charge < -0.3 is 9.05 Å². The van der Waals surface area contributed by atoms with E-state index < -0.39 is 13.3 Å². The van der Waals surface area contributed by atoms with Crippen molar-refractivity contribution >= 4 is 13.4 Å². The monoisotopic (exact) mass is 220 g/mol. The second-order valence-electron chi connectivity index (χ2n) is 3.25. The van der Waals surface area contributed by atoms with Gasteiger partial charge in [-0.3, -0.25) is 9.36 Å². The molecule has 0 unspecified atom stereocenters. The minimum Gasteiger partial charge on any atom is -0.308 e. The average molecular weight is 220 g/mol. The molecule has 0 bridgehead atoms. The molecule has 0 saturated heterocycles. The summed E-state index contributed by atoms with van der Waals surface area (Å²) in [7, 11) is -3.17. The SMILES string of the molecule is CCOP(=O)(OCC)[C@@H]1CCCC1=O. The summed E-state index contributed by atoms with van der Waals surface area (Å²) in [5.41, 5.74) is -0.512. The van der Waals surface area contributed by atoms with Crippen LogP contribution in [0.5, 0.6) is 0 Å². The maximum absolute atomic E-state index is 12.2. The molecule has 1 aliphatic rings. The lowest BCUT2D eigenvalue weighted by atomic mass is 10.3. The van der Waals surface area contributed by atoms with Crippen molar-refractivity contribution < 1.29 is 18.4 Å². The molecule has 0 amide bonds. The van der Waals surface area contributed by atoms with Gasteiger partial charge in [-0.15, -0.1) is 0 Å². The topological polar surface area (TPSA) is 52.6 Å². The van der Waals surface area contributed by atoms with Crippen molar-refractivity contribution in [2.45, 2.75) is 38.8 Å². The second-order valence-corrected chi connectivity index (χ2v) is 5.47. The van der Waals surface area contributed by atoms with Crippen molar-refractivity contribution in [2.24, 2.45) is 0 Å². The molecule has 0 spiro atoms. The normalized spacial score (nSPS) is 23.0. The van der Waals surface area contributed by atoms with Crippen LogP contribution in [0.2, 0.25) is 0 Å². The molecule has 0 N–H and O–H groups in total. The lowest BCUT2D eigenvalue weighted by Gasteiger charge is -2.21. The zero-order valence-corrected chi connectivity index (χ0v) is 9.59. The Hall–Kier alpha value is -0.180. The van der Waals surface area contributed by atoms with Gasteiger partial charge >= 0.3 is 7.60 Å². The van der Waals surface area contributed by atoms with E-state index in [4.69, 9.17) is 9.05 Å². The van der Waals surface area contributed by atoms with Gasteiger partial charge in [0.25, 0.3) is 0 Å². The second kappa shape index (κ2) is 5.06. The van der Waals surface area contributed by atoms with E-state index >= 15 is 0 Å². The molecule has 1 fully saturated rings. The predicted octanol–water partition coefficient (Wildman–Crippen LogP) is 2.37. The van der Waals surface area contributed by atoms with Crippen molar-refractivity contribution in [3.63, 3.8) is 0 Å². The summed E-state index contributed by atoms with van der Waals surface area (Å²) >= 11 is 0. The van der Waals surface area contributed by atoms with Crippen LogP contribution in [-0.2, 0) is 18.4 Å². The van der Waals surface area contributed by atoms with Gasteiger partial charge in [-0.05, 0) is 26.7 Å². The number of carbonyl (C=O) groups is 1. The fraction of sp³-hybridized carbons (Fsp3) is 0.889. The number of hydrogen-bond acceptors (Lipinski definition) is 4. The van der Waals surface area contributed by atoms with Crippen LogP contribution in [0.15, 0.2) is 0 Å². The molecule has 1 atom stereocenters. The summed E-state index contributed by atoms with van der Waals surface area (Å²) in [5, 5.41) is 0. The van der Waals surface area contributed by atoms with Crippen LogP contribution < -0.4 is 0 Å².